The molecule has 3 rings (SSSR count). The third-order valence-electron chi connectivity index (χ3n) is 3.04. The van der Waals surface area contributed by atoms with Gasteiger partial charge in [0.05, 0.1) is 18.2 Å². The van der Waals surface area contributed by atoms with E-state index in [0.29, 0.717) is 10.6 Å². The first-order valence-electron chi connectivity index (χ1n) is 6.38. The summed E-state index contributed by atoms with van der Waals surface area (Å²) in [4.78, 5) is 19.2. The Morgan fingerprint density at radius 2 is 1.95 bits per heavy atom. The smallest absolute Gasteiger partial charge is 0.255 e. The van der Waals surface area contributed by atoms with Gasteiger partial charge in [0.25, 0.3) is 5.91 Å². The maximum atomic E-state index is 12.1. The molecule has 0 radical (unpaired) electrons. The van der Waals surface area contributed by atoms with Crippen molar-refractivity contribution in [1.82, 2.24) is 9.97 Å². The van der Waals surface area contributed by atoms with E-state index in [1.54, 1.807) is 36.8 Å². The number of amides is 1. The lowest BCUT2D eigenvalue weighted by molar-refractivity contribution is 0.102. The summed E-state index contributed by atoms with van der Waals surface area (Å²) in [6.45, 7) is 0. The Balaban J connectivity index is 1.80. The third kappa shape index (κ3) is 3.12. The van der Waals surface area contributed by atoms with Gasteiger partial charge in [-0.1, -0.05) is 23.7 Å². The van der Waals surface area contributed by atoms with E-state index < -0.39 is 0 Å². The van der Waals surface area contributed by atoms with E-state index in [2.05, 4.69) is 15.3 Å². The number of hydrogen-bond acceptors (Lipinski definition) is 2. The molecule has 5 heteroatoms. The zero-order valence-corrected chi connectivity index (χ0v) is 11.8. The quantitative estimate of drug-likeness (QED) is 0.768. The maximum Gasteiger partial charge on any atom is 0.255 e. The van der Waals surface area contributed by atoms with E-state index in [0.717, 1.165) is 16.9 Å². The number of aromatic amines is 1. The zero-order valence-electron chi connectivity index (χ0n) is 11.0. The topological polar surface area (TPSA) is 57.8 Å². The minimum absolute atomic E-state index is 0.173. The molecule has 0 fully saturated rings. The molecule has 2 aromatic carbocycles. The van der Waals surface area contributed by atoms with Crippen molar-refractivity contribution < 1.29 is 4.79 Å². The van der Waals surface area contributed by atoms with Gasteiger partial charge in [0.2, 0.25) is 0 Å². The van der Waals surface area contributed by atoms with Crippen LogP contribution in [-0.4, -0.2) is 15.9 Å². The molecule has 104 valence electrons. The fraction of sp³-hybridized carbons (Fsp3) is 0. The van der Waals surface area contributed by atoms with E-state index in [4.69, 9.17) is 11.6 Å². The second-order valence-corrected chi connectivity index (χ2v) is 4.94. The van der Waals surface area contributed by atoms with Gasteiger partial charge in [-0.05, 0) is 36.4 Å². The summed E-state index contributed by atoms with van der Waals surface area (Å²) in [5.41, 5.74) is 3.15. The van der Waals surface area contributed by atoms with Crippen LogP contribution in [0.15, 0.2) is 61.1 Å². The monoisotopic (exact) mass is 297 g/mol. The number of anilines is 1. The highest BCUT2D eigenvalue weighted by Crippen LogP contribution is 2.20. The molecule has 0 saturated carbocycles. The third-order valence-corrected chi connectivity index (χ3v) is 3.29. The van der Waals surface area contributed by atoms with E-state index in [9.17, 15) is 4.79 Å². The van der Waals surface area contributed by atoms with Crippen LogP contribution in [-0.2, 0) is 0 Å². The number of imidazole rings is 1. The second kappa shape index (κ2) is 5.81. The molecule has 0 spiro atoms. The highest BCUT2D eigenvalue weighted by atomic mass is 35.5. The molecule has 4 nitrogen and oxygen atoms in total. The molecule has 1 aromatic heterocycles. The number of benzene rings is 2. The Morgan fingerprint density at radius 3 is 2.67 bits per heavy atom. The van der Waals surface area contributed by atoms with E-state index in [1.165, 1.54) is 0 Å². The average molecular weight is 298 g/mol. The summed E-state index contributed by atoms with van der Waals surface area (Å²) in [6, 6.07) is 14.3. The molecule has 0 aliphatic carbocycles. The Labute approximate surface area is 126 Å². The number of nitrogens with one attached hydrogen (secondary N) is 2. The molecule has 2 N–H and O–H groups in total. The van der Waals surface area contributed by atoms with Crippen LogP contribution in [0, 0.1) is 0 Å². The van der Waals surface area contributed by atoms with Gasteiger partial charge in [-0.2, -0.15) is 0 Å². The van der Waals surface area contributed by atoms with Crippen molar-refractivity contribution in [2.24, 2.45) is 0 Å². The molecule has 0 aliphatic rings. The predicted molar refractivity (Wildman–Crippen MR) is 83.4 cm³/mol. The van der Waals surface area contributed by atoms with Crippen molar-refractivity contribution in [1.29, 1.82) is 0 Å². The largest absolute Gasteiger partial charge is 0.345 e. The Morgan fingerprint density at radius 1 is 1.14 bits per heavy atom. The summed E-state index contributed by atoms with van der Waals surface area (Å²) in [5.74, 6) is -0.173. The van der Waals surface area contributed by atoms with Gasteiger partial charge in [0.1, 0.15) is 0 Å². The normalized spacial score (nSPS) is 10.3. The number of aromatic nitrogens is 2. The molecule has 0 unspecified atom stereocenters. The van der Waals surface area contributed by atoms with Crippen LogP contribution in [0.25, 0.3) is 11.3 Å². The number of carbonyl (C=O) groups excluding carboxylic acids is 1. The van der Waals surface area contributed by atoms with Gasteiger partial charge >= 0.3 is 0 Å². The summed E-state index contributed by atoms with van der Waals surface area (Å²) >= 11 is 5.81. The fourth-order valence-corrected chi connectivity index (χ4v) is 2.11. The first-order chi connectivity index (χ1) is 10.2. The van der Waals surface area contributed by atoms with Crippen molar-refractivity contribution in [2.75, 3.05) is 5.32 Å². The van der Waals surface area contributed by atoms with Crippen LogP contribution in [0.1, 0.15) is 10.4 Å². The van der Waals surface area contributed by atoms with E-state index in [-0.39, 0.29) is 5.91 Å². The minimum atomic E-state index is -0.173. The number of rotatable bonds is 3. The van der Waals surface area contributed by atoms with Crippen LogP contribution in [0.5, 0.6) is 0 Å². The van der Waals surface area contributed by atoms with E-state index >= 15 is 0 Å². The van der Waals surface area contributed by atoms with Crippen molar-refractivity contribution in [3.05, 3.63) is 71.6 Å². The number of halogens is 1. The lowest BCUT2D eigenvalue weighted by Crippen LogP contribution is -2.11. The predicted octanol–water partition coefficient (Wildman–Crippen LogP) is 3.98. The van der Waals surface area contributed by atoms with Gasteiger partial charge < -0.3 is 10.3 Å². The van der Waals surface area contributed by atoms with Gasteiger partial charge in [0.15, 0.2) is 0 Å². The molecule has 0 saturated heterocycles. The van der Waals surface area contributed by atoms with Gasteiger partial charge in [-0.25, -0.2) is 4.98 Å². The Hall–Kier alpha value is -2.59. The molecule has 1 heterocycles. The van der Waals surface area contributed by atoms with E-state index in [1.807, 2.05) is 24.3 Å². The molecule has 1 amide bonds. The van der Waals surface area contributed by atoms with Crippen LogP contribution >= 0.6 is 11.6 Å². The number of H-pyrrole nitrogens is 1. The SMILES string of the molecule is O=C(Nc1cccc(-c2cnc[nH]2)c1)c1ccc(Cl)cc1. The molecule has 0 atom stereocenters. The van der Waals surface area contributed by atoms with Crippen molar-refractivity contribution >= 4 is 23.2 Å². The standard InChI is InChI=1S/C16H12ClN3O/c17-13-6-4-11(5-7-13)16(21)20-14-3-1-2-12(8-14)15-9-18-10-19-15/h1-10H,(H,18,19)(H,20,21). The lowest BCUT2D eigenvalue weighted by Gasteiger charge is -2.07. The first kappa shape index (κ1) is 13.4. The first-order valence-corrected chi connectivity index (χ1v) is 6.76. The van der Waals surface area contributed by atoms with Crippen molar-refractivity contribution in [2.45, 2.75) is 0 Å². The summed E-state index contributed by atoms with van der Waals surface area (Å²) in [5, 5.41) is 3.47. The van der Waals surface area contributed by atoms with Crippen molar-refractivity contribution in [3.63, 3.8) is 0 Å². The van der Waals surface area contributed by atoms with Crippen LogP contribution in [0.3, 0.4) is 0 Å². The summed E-state index contributed by atoms with van der Waals surface area (Å²) in [6.07, 6.45) is 3.36. The van der Waals surface area contributed by atoms with Crippen LogP contribution < -0.4 is 5.32 Å². The molecular weight excluding hydrogens is 286 g/mol. The summed E-state index contributed by atoms with van der Waals surface area (Å²) in [7, 11) is 0. The maximum absolute atomic E-state index is 12.1. The lowest BCUT2D eigenvalue weighted by atomic mass is 10.1. The van der Waals surface area contributed by atoms with Crippen LogP contribution in [0.4, 0.5) is 5.69 Å². The number of carbonyl (C=O) groups is 1. The fourth-order valence-electron chi connectivity index (χ4n) is 1.98. The number of nitrogens with zero attached hydrogens (tertiary/aromatic N) is 1. The number of hydrogen-bond donors (Lipinski definition) is 2. The molecular formula is C16H12ClN3O. The second-order valence-electron chi connectivity index (χ2n) is 4.51. The molecule has 0 bridgehead atoms. The van der Waals surface area contributed by atoms with Crippen molar-refractivity contribution in [3.8, 4) is 11.3 Å². The zero-order chi connectivity index (χ0) is 14.7. The highest BCUT2D eigenvalue weighted by Gasteiger charge is 2.07. The highest BCUT2D eigenvalue weighted by molar-refractivity contribution is 6.30. The molecule has 21 heavy (non-hydrogen) atoms. The minimum Gasteiger partial charge on any atom is -0.345 e. The Bertz CT molecular complexity index is 751. The van der Waals surface area contributed by atoms with Gasteiger partial charge in [-0.3, -0.25) is 4.79 Å². The Kier molecular flexibility index (Phi) is 3.71. The molecule has 0 aliphatic heterocycles. The molecule has 3 aromatic rings. The van der Waals surface area contributed by atoms with Crippen LogP contribution in [0.2, 0.25) is 5.02 Å². The summed E-state index contributed by atoms with van der Waals surface area (Å²) < 4.78 is 0. The average Bonchev–Trinajstić information content (AvgIpc) is 3.02. The van der Waals surface area contributed by atoms with Gasteiger partial charge in [-0.15, -0.1) is 0 Å². The van der Waals surface area contributed by atoms with Gasteiger partial charge in [0, 0.05) is 21.8 Å².